The molecular weight excluding hydrogens is 330 g/mol. The lowest BCUT2D eigenvalue weighted by atomic mass is 9.98. The highest BCUT2D eigenvalue weighted by molar-refractivity contribution is 5.39. The number of phenolic OH excluding ortho intramolecular Hbond substituents is 1. The van der Waals surface area contributed by atoms with Crippen molar-refractivity contribution in [3.8, 4) is 11.5 Å². The van der Waals surface area contributed by atoms with Crippen LogP contribution in [-0.2, 0) is 6.54 Å². The van der Waals surface area contributed by atoms with E-state index in [0.29, 0.717) is 24.4 Å². The number of aromatic hydroxyl groups is 1. The summed E-state index contributed by atoms with van der Waals surface area (Å²) in [5.74, 6) is 1.09. The minimum atomic E-state index is 0.228. The highest BCUT2D eigenvalue weighted by atomic mass is 16.5. The van der Waals surface area contributed by atoms with Crippen molar-refractivity contribution in [2.45, 2.75) is 37.9 Å². The van der Waals surface area contributed by atoms with Gasteiger partial charge in [0.1, 0.15) is 11.5 Å². The number of likely N-dealkylation sites (tertiary alicyclic amines) is 1. The van der Waals surface area contributed by atoms with Crippen LogP contribution in [0.4, 0.5) is 0 Å². The summed E-state index contributed by atoms with van der Waals surface area (Å²) in [6.45, 7) is 6.22. The van der Waals surface area contributed by atoms with E-state index < -0.39 is 0 Å². The molecular formula is C20H33N3O3. The summed E-state index contributed by atoms with van der Waals surface area (Å²) in [7, 11) is 3.84. The molecule has 6 heteroatoms. The number of piperidine rings is 1. The number of nitrogens with zero attached hydrogens (tertiary/aromatic N) is 3. The molecule has 2 fully saturated rings. The Morgan fingerprint density at radius 3 is 2.62 bits per heavy atom. The number of hydrogen-bond acceptors (Lipinski definition) is 6. The van der Waals surface area contributed by atoms with Crippen molar-refractivity contribution < 1.29 is 14.9 Å². The molecule has 1 aromatic carbocycles. The van der Waals surface area contributed by atoms with Crippen LogP contribution >= 0.6 is 0 Å². The van der Waals surface area contributed by atoms with Crippen molar-refractivity contribution in [1.29, 1.82) is 0 Å². The highest BCUT2D eigenvalue weighted by Crippen LogP contribution is 2.27. The molecule has 2 aliphatic heterocycles. The van der Waals surface area contributed by atoms with Crippen molar-refractivity contribution in [3.05, 3.63) is 23.8 Å². The minimum absolute atomic E-state index is 0.228. The van der Waals surface area contributed by atoms with Gasteiger partial charge in [0.2, 0.25) is 0 Å². The second-order valence-electron chi connectivity index (χ2n) is 7.67. The summed E-state index contributed by atoms with van der Waals surface area (Å²) in [5, 5.41) is 19.7. The van der Waals surface area contributed by atoms with Crippen molar-refractivity contribution in [1.82, 2.24) is 14.7 Å². The number of benzene rings is 1. The van der Waals surface area contributed by atoms with Crippen LogP contribution in [0.15, 0.2) is 18.2 Å². The Morgan fingerprint density at radius 1 is 1.15 bits per heavy atom. The van der Waals surface area contributed by atoms with Gasteiger partial charge in [-0.05, 0) is 57.6 Å². The number of methoxy groups -OCH3 is 1. The zero-order valence-corrected chi connectivity index (χ0v) is 16.1. The Balaban J connectivity index is 1.64. The van der Waals surface area contributed by atoms with Crippen LogP contribution in [-0.4, -0.2) is 90.5 Å². The lowest BCUT2D eigenvalue weighted by molar-refractivity contribution is 0.00580. The fourth-order valence-corrected chi connectivity index (χ4v) is 4.35. The molecule has 2 N–H and O–H groups in total. The molecule has 146 valence electrons. The van der Waals surface area contributed by atoms with E-state index in [1.807, 2.05) is 6.07 Å². The van der Waals surface area contributed by atoms with E-state index in [-0.39, 0.29) is 6.61 Å². The maximum atomic E-state index is 10.2. The van der Waals surface area contributed by atoms with Crippen molar-refractivity contribution >= 4 is 0 Å². The Bertz CT molecular complexity index is 575. The van der Waals surface area contributed by atoms with Gasteiger partial charge in [0.05, 0.1) is 7.11 Å². The summed E-state index contributed by atoms with van der Waals surface area (Å²) in [6, 6.07) is 6.42. The number of aliphatic hydroxyl groups excluding tert-OH is 1. The molecule has 1 aromatic rings. The lowest BCUT2D eigenvalue weighted by Crippen LogP contribution is -2.58. The molecule has 0 radical (unpaired) electrons. The molecule has 2 heterocycles. The van der Waals surface area contributed by atoms with Gasteiger partial charge in [-0.15, -0.1) is 0 Å². The molecule has 0 aliphatic carbocycles. The maximum absolute atomic E-state index is 10.2. The maximum Gasteiger partial charge on any atom is 0.120 e. The van der Waals surface area contributed by atoms with Crippen LogP contribution in [0.3, 0.4) is 0 Å². The zero-order chi connectivity index (χ0) is 18.5. The molecule has 0 unspecified atom stereocenters. The topological polar surface area (TPSA) is 59.4 Å². The molecule has 0 aromatic heterocycles. The van der Waals surface area contributed by atoms with Crippen molar-refractivity contribution in [2.75, 3.05) is 53.5 Å². The van der Waals surface area contributed by atoms with Crippen LogP contribution in [0.1, 0.15) is 24.8 Å². The SMILES string of the molecule is COc1ccc(O)c(CN2CCN(C3CCN(C)CC3)[C@@H](CCO)C2)c1. The smallest absolute Gasteiger partial charge is 0.120 e. The number of hydrogen-bond donors (Lipinski definition) is 2. The molecule has 0 amide bonds. The number of piperazine rings is 1. The minimum Gasteiger partial charge on any atom is -0.508 e. The summed E-state index contributed by atoms with van der Waals surface area (Å²) in [6.07, 6.45) is 3.25. The Morgan fingerprint density at radius 2 is 1.92 bits per heavy atom. The van der Waals surface area contributed by atoms with Crippen LogP contribution in [0.5, 0.6) is 11.5 Å². The largest absolute Gasteiger partial charge is 0.508 e. The third-order valence-corrected chi connectivity index (χ3v) is 5.91. The van der Waals surface area contributed by atoms with Crippen LogP contribution in [0.25, 0.3) is 0 Å². The second-order valence-corrected chi connectivity index (χ2v) is 7.67. The second kappa shape index (κ2) is 9.04. The number of phenols is 1. The quantitative estimate of drug-likeness (QED) is 0.796. The zero-order valence-electron chi connectivity index (χ0n) is 16.1. The van der Waals surface area contributed by atoms with Crippen molar-refractivity contribution in [2.24, 2.45) is 0 Å². The third-order valence-electron chi connectivity index (χ3n) is 5.91. The first-order chi connectivity index (χ1) is 12.6. The summed E-state index contributed by atoms with van der Waals surface area (Å²) >= 11 is 0. The highest BCUT2D eigenvalue weighted by Gasteiger charge is 2.33. The van der Waals surface area contributed by atoms with Crippen molar-refractivity contribution in [3.63, 3.8) is 0 Å². The van der Waals surface area contributed by atoms with E-state index in [0.717, 1.165) is 50.5 Å². The summed E-state index contributed by atoms with van der Waals surface area (Å²) < 4.78 is 5.29. The van der Waals surface area contributed by atoms with Gasteiger partial charge in [-0.3, -0.25) is 9.80 Å². The van der Waals surface area contributed by atoms with E-state index in [1.165, 1.54) is 12.8 Å². The van der Waals surface area contributed by atoms with Gasteiger partial charge in [-0.1, -0.05) is 0 Å². The van der Waals surface area contributed by atoms with E-state index in [9.17, 15) is 10.2 Å². The van der Waals surface area contributed by atoms with E-state index in [2.05, 4.69) is 21.7 Å². The molecule has 0 bridgehead atoms. The molecule has 0 saturated carbocycles. The predicted octanol–water partition coefficient (Wildman–Crippen LogP) is 1.36. The number of ether oxygens (including phenoxy) is 1. The summed E-state index contributed by atoms with van der Waals surface area (Å²) in [4.78, 5) is 7.42. The Kier molecular flexibility index (Phi) is 6.75. The Hall–Kier alpha value is -1.34. The fraction of sp³-hybridized carbons (Fsp3) is 0.700. The number of aliphatic hydroxyl groups is 1. The van der Waals surface area contributed by atoms with Crippen LogP contribution < -0.4 is 4.74 Å². The van der Waals surface area contributed by atoms with Gasteiger partial charge in [0.15, 0.2) is 0 Å². The van der Waals surface area contributed by atoms with E-state index >= 15 is 0 Å². The van der Waals surface area contributed by atoms with Crippen LogP contribution in [0, 0.1) is 0 Å². The van der Waals surface area contributed by atoms with Gasteiger partial charge in [-0.2, -0.15) is 0 Å². The molecule has 6 nitrogen and oxygen atoms in total. The average Bonchev–Trinajstić information content (AvgIpc) is 2.65. The molecule has 2 aliphatic rings. The standard InChI is InChI=1S/C20H33N3O3/c1-21-8-5-17(6-9-21)23-11-10-22(15-18(23)7-12-24)14-16-13-19(26-2)3-4-20(16)25/h3-4,13,17-18,24-25H,5-12,14-15H2,1-2H3/t18-/m0/s1. The first kappa shape index (κ1) is 19.4. The number of rotatable bonds is 6. The molecule has 1 atom stereocenters. The molecule has 0 spiro atoms. The average molecular weight is 364 g/mol. The predicted molar refractivity (Wildman–Crippen MR) is 103 cm³/mol. The Labute approximate surface area is 157 Å². The summed E-state index contributed by atoms with van der Waals surface area (Å²) in [5.41, 5.74) is 0.903. The van der Waals surface area contributed by atoms with Gasteiger partial charge >= 0.3 is 0 Å². The van der Waals surface area contributed by atoms with Crippen LogP contribution in [0.2, 0.25) is 0 Å². The van der Waals surface area contributed by atoms with Gasteiger partial charge in [0, 0.05) is 50.4 Å². The third kappa shape index (κ3) is 4.68. The first-order valence-corrected chi connectivity index (χ1v) is 9.74. The van der Waals surface area contributed by atoms with Gasteiger partial charge < -0.3 is 19.8 Å². The molecule has 3 rings (SSSR count). The molecule has 26 heavy (non-hydrogen) atoms. The van der Waals surface area contributed by atoms with Gasteiger partial charge in [-0.25, -0.2) is 0 Å². The van der Waals surface area contributed by atoms with E-state index in [4.69, 9.17) is 4.74 Å². The van der Waals surface area contributed by atoms with Gasteiger partial charge in [0.25, 0.3) is 0 Å². The normalized spacial score (nSPS) is 24.0. The monoisotopic (exact) mass is 363 g/mol. The van der Waals surface area contributed by atoms with E-state index in [1.54, 1.807) is 19.2 Å². The first-order valence-electron chi connectivity index (χ1n) is 9.74. The lowest BCUT2D eigenvalue weighted by Gasteiger charge is -2.47. The fourth-order valence-electron chi connectivity index (χ4n) is 4.35. The molecule has 2 saturated heterocycles.